The molecule has 1 saturated carbocycles. The molecule has 2 fully saturated rings. The van der Waals surface area contributed by atoms with Crippen molar-refractivity contribution in [1.29, 1.82) is 0 Å². The quantitative estimate of drug-likeness (QED) is 0.0941. The molecule has 0 radical (unpaired) electrons. The highest BCUT2D eigenvalue weighted by Crippen LogP contribution is 2.36. The van der Waals surface area contributed by atoms with E-state index < -0.39 is 59.8 Å². The fourth-order valence-electron chi connectivity index (χ4n) is 8.23. The summed E-state index contributed by atoms with van der Waals surface area (Å²) < 4.78 is 6.29. The first-order valence-electron chi connectivity index (χ1n) is 20.3. The van der Waals surface area contributed by atoms with E-state index in [1.807, 2.05) is 43.3 Å². The molecule has 3 amide bonds. The molecule has 3 unspecified atom stereocenters. The van der Waals surface area contributed by atoms with Crippen molar-refractivity contribution in [2.45, 2.75) is 109 Å². The second-order valence-electron chi connectivity index (χ2n) is 15.4. The number of hydrogen-bond donors (Lipinski definition) is 2. The van der Waals surface area contributed by atoms with Gasteiger partial charge in [-0.3, -0.25) is 33.6 Å². The number of primary amides is 1. The van der Waals surface area contributed by atoms with Gasteiger partial charge in [0.25, 0.3) is 0 Å². The lowest BCUT2D eigenvalue weighted by Crippen LogP contribution is -2.47. The van der Waals surface area contributed by atoms with Gasteiger partial charge in [-0.1, -0.05) is 124 Å². The number of amides is 3. The van der Waals surface area contributed by atoms with Crippen LogP contribution in [0.2, 0.25) is 0 Å². The monoisotopic (exact) mass is 777 g/mol. The summed E-state index contributed by atoms with van der Waals surface area (Å²) in [5, 5.41) is 2.54. The second kappa shape index (κ2) is 21.3. The first kappa shape index (κ1) is 42.8. The average molecular weight is 778 g/mol. The molecule has 5 rings (SSSR count). The number of rotatable bonds is 21. The van der Waals surface area contributed by atoms with Crippen LogP contribution >= 0.6 is 0 Å². The molecular weight excluding hydrogens is 723 g/mol. The van der Waals surface area contributed by atoms with E-state index in [-0.39, 0.29) is 68.6 Å². The fraction of sp³-hybridized carbons (Fsp3) is 0.457. The minimum atomic E-state index is -1.10. The third-order valence-electron chi connectivity index (χ3n) is 11.3. The van der Waals surface area contributed by atoms with E-state index in [0.29, 0.717) is 17.5 Å². The Morgan fingerprint density at radius 1 is 0.807 bits per heavy atom. The number of Topliss-reactive ketones (excluding diaryl/α,β-unsaturated/α-hetero) is 4. The Morgan fingerprint density at radius 2 is 1.44 bits per heavy atom. The summed E-state index contributed by atoms with van der Waals surface area (Å²) in [6.45, 7) is 2.31. The molecule has 302 valence electrons. The van der Waals surface area contributed by atoms with Gasteiger partial charge in [0.2, 0.25) is 23.5 Å². The van der Waals surface area contributed by atoms with E-state index in [2.05, 4.69) is 5.32 Å². The molecule has 1 aliphatic heterocycles. The zero-order valence-electron chi connectivity index (χ0n) is 32.8. The Kier molecular flexibility index (Phi) is 16.0. The molecule has 3 aromatic rings. The fourth-order valence-corrected chi connectivity index (χ4v) is 8.23. The first-order valence-corrected chi connectivity index (χ1v) is 20.3. The maximum absolute atomic E-state index is 14.7. The Hall–Kier alpha value is -5.29. The lowest BCUT2D eigenvalue weighted by atomic mass is 9.76. The number of likely N-dealkylation sites (tertiary alicyclic amines) is 1. The van der Waals surface area contributed by atoms with Crippen molar-refractivity contribution >= 4 is 40.9 Å². The van der Waals surface area contributed by atoms with Gasteiger partial charge in [-0.25, -0.2) is 0 Å². The van der Waals surface area contributed by atoms with Crippen molar-refractivity contribution in [2.75, 3.05) is 6.54 Å². The molecule has 0 bridgehead atoms. The number of ketones is 4. The molecule has 5 atom stereocenters. The van der Waals surface area contributed by atoms with Crippen LogP contribution in [0.25, 0.3) is 0 Å². The number of benzene rings is 3. The Balaban J connectivity index is 1.30. The van der Waals surface area contributed by atoms with Crippen molar-refractivity contribution in [3.63, 3.8) is 0 Å². The minimum Gasteiger partial charge on any atom is -0.372 e. The molecular formula is C46H55N3O8. The van der Waals surface area contributed by atoms with Crippen LogP contribution in [0.1, 0.15) is 112 Å². The lowest BCUT2D eigenvalue weighted by molar-refractivity contribution is -0.144. The highest BCUT2D eigenvalue weighted by atomic mass is 16.5. The zero-order chi connectivity index (χ0) is 40.7. The van der Waals surface area contributed by atoms with Gasteiger partial charge in [-0.2, -0.15) is 0 Å². The Labute approximate surface area is 335 Å². The predicted molar refractivity (Wildman–Crippen MR) is 214 cm³/mol. The van der Waals surface area contributed by atoms with E-state index in [4.69, 9.17) is 10.5 Å². The average Bonchev–Trinajstić information content (AvgIpc) is 3.68. The van der Waals surface area contributed by atoms with Crippen LogP contribution in [0, 0.1) is 17.8 Å². The van der Waals surface area contributed by atoms with Crippen LogP contribution in [0.3, 0.4) is 0 Å². The molecule has 11 heteroatoms. The first-order chi connectivity index (χ1) is 27.5. The van der Waals surface area contributed by atoms with Gasteiger partial charge in [0, 0.05) is 56.0 Å². The van der Waals surface area contributed by atoms with Crippen molar-refractivity contribution < 1.29 is 38.3 Å². The summed E-state index contributed by atoms with van der Waals surface area (Å²) >= 11 is 0. The van der Waals surface area contributed by atoms with E-state index in [0.717, 1.165) is 37.7 Å². The van der Waals surface area contributed by atoms with Crippen LogP contribution in [-0.2, 0) is 40.1 Å². The molecule has 3 N–H and O–H groups in total. The van der Waals surface area contributed by atoms with E-state index in [9.17, 15) is 33.6 Å². The van der Waals surface area contributed by atoms with Crippen LogP contribution in [0.15, 0.2) is 91.0 Å². The van der Waals surface area contributed by atoms with Crippen LogP contribution < -0.4 is 11.1 Å². The smallest absolute Gasteiger partial charge is 0.244 e. The van der Waals surface area contributed by atoms with Gasteiger partial charge in [0.05, 0.1) is 18.8 Å². The maximum atomic E-state index is 14.7. The minimum absolute atomic E-state index is 0.00543. The second-order valence-corrected chi connectivity index (χ2v) is 15.4. The van der Waals surface area contributed by atoms with Gasteiger partial charge < -0.3 is 20.7 Å². The molecule has 1 saturated heterocycles. The molecule has 11 nitrogen and oxygen atoms in total. The molecule has 0 spiro atoms. The topological polar surface area (TPSA) is 170 Å². The molecule has 0 aromatic heterocycles. The lowest BCUT2D eigenvalue weighted by Gasteiger charge is -2.34. The van der Waals surface area contributed by atoms with Crippen LogP contribution in [0.4, 0.5) is 0 Å². The van der Waals surface area contributed by atoms with Crippen molar-refractivity contribution in [1.82, 2.24) is 10.2 Å². The van der Waals surface area contributed by atoms with Gasteiger partial charge in [0.15, 0.2) is 17.3 Å². The van der Waals surface area contributed by atoms with Gasteiger partial charge in [0.1, 0.15) is 6.04 Å². The molecule has 1 aliphatic carbocycles. The van der Waals surface area contributed by atoms with Crippen molar-refractivity contribution in [3.8, 4) is 0 Å². The molecule has 1 heterocycles. The Morgan fingerprint density at radius 3 is 2.07 bits per heavy atom. The zero-order valence-corrected chi connectivity index (χ0v) is 32.8. The van der Waals surface area contributed by atoms with Gasteiger partial charge in [-0.05, 0) is 36.3 Å². The highest BCUT2D eigenvalue weighted by molar-refractivity contribution is 6.38. The van der Waals surface area contributed by atoms with Gasteiger partial charge >= 0.3 is 0 Å². The number of carbonyl (C=O) groups is 7. The van der Waals surface area contributed by atoms with Gasteiger partial charge in [-0.15, -0.1) is 0 Å². The number of carbonyl (C=O) groups excluding carboxylic acids is 7. The summed E-state index contributed by atoms with van der Waals surface area (Å²) in [4.78, 5) is 95.9. The van der Waals surface area contributed by atoms with E-state index in [1.165, 1.54) is 0 Å². The summed E-state index contributed by atoms with van der Waals surface area (Å²) in [5.74, 6) is -5.17. The van der Waals surface area contributed by atoms with Crippen molar-refractivity contribution in [3.05, 3.63) is 108 Å². The summed E-state index contributed by atoms with van der Waals surface area (Å²) in [6.07, 6.45) is 4.25. The third-order valence-corrected chi connectivity index (χ3v) is 11.3. The maximum Gasteiger partial charge on any atom is 0.244 e. The number of ether oxygens (including phenoxy) is 1. The summed E-state index contributed by atoms with van der Waals surface area (Å²) in [7, 11) is 0. The SMILES string of the molecule is CCCC(CC(=O)[C@@H]1C[C@@H](OCc2ccccc2)CN1C(=O)C(CC(=O)c1ccccc1)C1CCCCC1)C(=O)C(=O)CCC(=O)NC(C(N)=O)c1ccccc1. The highest BCUT2D eigenvalue weighted by Gasteiger charge is 2.45. The number of hydrogen-bond acceptors (Lipinski definition) is 8. The number of nitrogens with zero attached hydrogens (tertiary/aromatic N) is 1. The van der Waals surface area contributed by atoms with Crippen LogP contribution in [0.5, 0.6) is 0 Å². The molecule has 57 heavy (non-hydrogen) atoms. The van der Waals surface area contributed by atoms with E-state index >= 15 is 0 Å². The molecule has 2 aliphatic rings. The largest absolute Gasteiger partial charge is 0.372 e. The van der Waals surface area contributed by atoms with Crippen LogP contribution in [-0.4, -0.2) is 64.4 Å². The third kappa shape index (κ3) is 12.1. The van der Waals surface area contributed by atoms with E-state index in [1.54, 1.807) is 59.5 Å². The normalized spacial score (nSPS) is 18.6. The summed E-state index contributed by atoms with van der Waals surface area (Å²) in [5.41, 5.74) is 7.49. The Bertz CT molecular complexity index is 1840. The number of nitrogens with one attached hydrogen (secondary N) is 1. The molecule has 3 aromatic carbocycles. The standard InChI is InChI=1S/C46H55N3O8/c1-2-15-35(44(54)39(50)24-25-42(53)48-43(45(47)55)34-22-13-6-14-23-34)26-41(52)38-27-36(57-30-31-16-7-3-8-17-31)29-49(38)46(56)37(32-18-9-4-10-19-32)28-40(51)33-20-11-5-12-21-33/h3,5-8,11-14,16-17,20-23,32,35-38,43H,2,4,9-10,15,18-19,24-30H2,1H3,(H2,47,55)(H,48,53)/t35?,36-,37?,38+,43?/m1/s1. The summed E-state index contributed by atoms with van der Waals surface area (Å²) in [6, 6.07) is 25.0. The number of nitrogens with two attached hydrogens (primary N) is 1. The predicted octanol–water partition coefficient (Wildman–Crippen LogP) is 6.28. The van der Waals surface area contributed by atoms with Crippen molar-refractivity contribution in [2.24, 2.45) is 23.5 Å².